The van der Waals surface area contributed by atoms with E-state index in [4.69, 9.17) is 0 Å². The fraction of sp³-hybridized carbons (Fsp3) is 0.500. The molecule has 0 rings (SSSR count). The summed E-state index contributed by atoms with van der Waals surface area (Å²) in [7, 11) is 0. The lowest BCUT2D eigenvalue weighted by Crippen LogP contribution is -2.06. The van der Waals surface area contributed by atoms with Crippen molar-refractivity contribution in [3.8, 4) is 0 Å². The van der Waals surface area contributed by atoms with Crippen LogP contribution in [-0.4, -0.2) is 19.3 Å². The molecule has 0 fully saturated rings. The predicted molar refractivity (Wildman–Crippen MR) is 31.8 cm³/mol. The third-order valence-corrected chi connectivity index (χ3v) is 0.810. The summed E-state index contributed by atoms with van der Waals surface area (Å²) in [5.74, 6) is -5.00. The summed E-state index contributed by atoms with van der Waals surface area (Å²) in [6.45, 7) is -0.283. The van der Waals surface area contributed by atoms with E-state index in [9.17, 15) is 18.0 Å². The van der Waals surface area contributed by atoms with Gasteiger partial charge in [-0.2, -0.15) is 4.39 Å². The Morgan fingerprint density at radius 1 is 1.45 bits per heavy atom. The van der Waals surface area contributed by atoms with E-state index in [0.717, 1.165) is 0 Å². The fourth-order valence-electron chi connectivity index (χ4n) is 0.364. The highest BCUT2D eigenvalue weighted by molar-refractivity contribution is 5.86. The minimum Gasteiger partial charge on any atom is -0.461 e. The quantitative estimate of drug-likeness (QED) is 0.473. The zero-order valence-corrected chi connectivity index (χ0v) is 5.86. The number of hydrogen-bond donors (Lipinski definition) is 0. The van der Waals surface area contributed by atoms with Crippen molar-refractivity contribution in [2.75, 3.05) is 13.3 Å². The Labute approximate surface area is 61.6 Å². The summed E-state index contributed by atoms with van der Waals surface area (Å²) < 4.78 is 39.5. The van der Waals surface area contributed by atoms with Crippen LogP contribution in [0, 0.1) is 0 Å². The van der Waals surface area contributed by atoms with E-state index in [-0.39, 0.29) is 6.61 Å². The van der Waals surface area contributed by atoms with Crippen LogP contribution in [0.4, 0.5) is 13.2 Å². The Hall–Kier alpha value is -1.00. The van der Waals surface area contributed by atoms with Gasteiger partial charge in [0.1, 0.15) is 6.67 Å². The number of halogens is 3. The second-order valence-corrected chi connectivity index (χ2v) is 1.57. The minimum atomic E-state index is -1.80. The molecule has 0 aliphatic carbocycles. The van der Waals surface area contributed by atoms with Crippen molar-refractivity contribution in [3.05, 3.63) is 11.7 Å². The van der Waals surface area contributed by atoms with Gasteiger partial charge in [0.25, 0.3) is 0 Å². The van der Waals surface area contributed by atoms with Gasteiger partial charge in [0, 0.05) is 0 Å². The highest BCUT2D eigenvalue weighted by atomic mass is 19.2. The Morgan fingerprint density at radius 2 is 2.00 bits per heavy atom. The molecule has 0 saturated carbocycles. The van der Waals surface area contributed by atoms with Crippen LogP contribution in [0.15, 0.2) is 11.7 Å². The molecule has 0 amide bonds. The third-order valence-electron chi connectivity index (χ3n) is 0.810. The fourth-order valence-corrected chi connectivity index (χ4v) is 0.364. The van der Waals surface area contributed by atoms with Crippen LogP contribution in [0.2, 0.25) is 0 Å². The Kier molecular flexibility index (Phi) is 4.33. The Morgan fingerprint density at radius 3 is 2.36 bits per heavy atom. The van der Waals surface area contributed by atoms with E-state index >= 15 is 0 Å². The number of carbonyl (C=O) groups excluding carboxylic acids is 1. The van der Waals surface area contributed by atoms with Crippen molar-refractivity contribution in [1.29, 1.82) is 0 Å². The normalized spacial score (nSPS) is 12.4. The van der Waals surface area contributed by atoms with Crippen molar-refractivity contribution < 1.29 is 22.7 Å². The van der Waals surface area contributed by atoms with Crippen molar-refractivity contribution in [1.82, 2.24) is 0 Å². The molecule has 0 saturated heterocycles. The summed E-state index contributed by atoms with van der Waals surface area (Å²) in [6.07, 6.45) is 0. The van der Waals surface area contributed by atoms with Crippen LogP contribution in [0.5, 0.6) is 0 Å². The zero-order chi connectivity index (χ0) is 8.85. The van der Waals surface area contributed by atoms with Gasteiger partial charge in [-0.15, -0.1) is 0 Å². The number of rotatable bonds is 3. The number of allylic oxidation sites excluding steroid dienone is 1. The first-order valence-electron chi connectivity index (χ1n) is 2.90. The van der Waals surface area contributed by atoms with Gasteiger partial charge in [-0.3, -0.25) is 0 Å². The molecule has 0 aliphatic heterocycles. The van der Waals surface area contributed by atoms with Gasteiger partial charge in [0.15, 0.2) is 5.83 Å². The lowest BCUT2D eigenvalue weighted by molar-refractivity contribution is -0.140. The second kappa shape index (κ2) is 4.76. The maximum absolute atomic E-state index is 12.2. The highest BCUT2D eigenvalue weighted by Gasteiger charge is 2.15. The molecule has 0 unspecified atom stereocenters. The second-order valence-electron chi connectivity index (χ2n) is 1.57. The summed E-state index contributed by atoms with van der Waals surface area (Å²) in [5.41, 5.74) is 0. The highest BCUT2D eigenvalue weighted by Crippen LogP contribution is 2.09. The summed E-state index contributed by atoms with van der Waals surface area (Å²) in [5, 5.41) is 0. The van der Waals surface area contributed by atoms with E-state index in [0.29, 0.717) is 0 Å². The number of carbonyl (C=O) groups is 1. The lowest BCUT2D eigenvalue weighted by Gasteiger charge is -1.97. The number of ether oxygens (including phenoxy) is 1. The van der Waals surface area contributed by atoms with E-state index in [1.165, 1.54) is 6.92 Å². The van der Waals surface area contributed by atoms with Crippen molar-refractivity contribution in [3.63, 3.8) is 0 Å². The van der Waals surface area contributed by atoms with Gasteiger partial charge < -0.3 is 4.74 Å². The van der Waals surface area contributed by atoms with Crippen LogP contribution in [-0.2, 0) is 9.53 Å². The molecule has 0 aromatic rings. The monoisotopic (exact) mass is 168 g/mol. The van der Waals surface area contributed by atoms with Crippen LogP contribution in [0.25, 0.3) is 0 Å². The number of alkyl halides is 1. The smallest absolute Gasteiger partial charge is 0.370 e. The molecular formula is C6H7F3O2. The van der Waals surface area contributed by atoms with Gasteiger partial charge >= 0.3 is 5.97 Å². The molecule has 11 heavy (non-hydrogen) atoms. The van der Waals surface area contributed by atoms with Crippen molar-refractivity contribution in [2.24, 2.45) is 0 Å². The molecule has 0 aliphatic rings. The molecule has 0 aromatic heterocycles. The molecule has 0 N–H and O–H groups in total. The van der Waals surface area contributed by atoms with Gasteiger partial charge in [-0.25, -0.2) is 13.6 Å². The lowest BCUT2D eigenvalue weighted by atomic mass is 10.4. The SMILES string of the molecule is CCOC(=O)C(F)=C(F)CF. The average molecular weight is 168 g/mol. The van der Waals surface area contributed by atoms with Crippen molar-refractivity contribution >= 4 is 5.97 Å². The average Bonchev–Trinajstić information content (AvgIpc) is 2.02. The van der Waals surface area contributed by atoms with Crippen LogP contribution in [0.3, 0.4) is 0 Å². The molecule has 5 heteroatoms. The van der Waals surface area contributed by atoms with Gasteiger partial charge in [-0.1, -0.05) is 0 Å². The summed E-state index contributed by atoms with van der Waals surface area (Å²) in [4.78, 5) is 10.3. The molecule has 64 valence electrons. The van der Waals surface area contributed by atoms with Crippen LogP contribution in [0.1, 0.15) is 6.92 Å². The molecule has 0 bridgehead atoms. The van der Waals surface area contributed by atoms with E-state index < -0.39 is 24.3 Å². The van der Waals surface area contributed by atoms with Crippen molar-refractivity contribution in [2.45, 2.75) is 6.92 Å². The Balaban J connectivity index is 4.22. The van der Waals surface area contributed by atoms with Gasteiger partial charge in [0.2, 0.25) is 5.83 Å². The third kappa shape index (κ3) is 3.06. The molecule has 0 aromatic carbocycles. The van der Waals surface area contributed by atoms with Crippen LogP contribution >= 0.6 is 0 Å². The van der Waals surface area contributed by atoms with E-state index in [1.54, 1.807) is 0 Å². The van der Waals surface area contributed by atoms with E-state index in [1.807, 2.05) is 0 Å². The van der Waals surface area contributed by atoms with E-state index in [2.05, 4.69) is 4.74 Å². The molecule has 0 atom stereocenters. The largest absolute Gasteiger partial charge is 0.461 e. The number of esters is 1. The Bertz CT molecular complexity index is 177. The first kappa shape index (κ1) is 10.0. The molecule has 0 heterocycles. The first-order valence-corrected chi connectivity index (χ1v) is 2.90. The molecule has 2 nitrogen and oxygen atoms in total. The summed E-state index contributed by atoms with van der Waals surface area (Å²) >= 11 is 0. The molecule has 0 spiro atoms. The predicted octanol–water partition coefficient (Wildman–Crippen LogP) is 1.67. The minimum absolute atomic E-state index is 0.0776. The standard InChI is InChI=1S/C6H7F3O2/c1-2-11-6(10)5(9)4(8)3-7/h2-3H2,1H3. The topological polar surface area (TPSA) is 26.3 Å². The molecular weight excluding hydrogens is 161 g/mol. The first-order chi connectivity index (χ1) is 5.13. The summed E-state index contributed by atoms with van der Waals surface area (Å²) in [6, 6.07) is 0. The molecule has 0 radical (unpaired) electrons. The van der Waals surface area contributed by atoms with Crippen LogP contribution < -0.4 is 0 Å². The number of hydrogen-bond acceptors (Lipinski definition) is 2. The zero-order valence-electron chi connectivity index (χ0n) is 5.86. The van der Waals surface area contributed by atoms with Gasteiger partial charge in [0.05, 0.1) is 6.61 Å². The maximum Gasteiger partial charge on any atom is 0.370 e. The maximum atomic E-state index is 12.2. The van der Waals surface area contributed by atoms with Gasteiger partial charge in [-0.05, 0) is 6.92 Å².